The highest BCUT2D eigenvalue weighted by Crippen LogP contribution is 2.08. The molecule has 3 aromatic rings. The molecule has 2 aromatic heterocycles. The lowest BCUT2D eigenvalue weighted by Gasteiger charge is -2.05. The van der Waals surface area contributed by atoms with E-state index in [-0.39, 0.29) is 5.82 Å². The molecule has 0 amide bonds. The van der Waals surface area contributed by atoms with Gasteiger partial charge in [0.1, 0.15) is 11.6 Å². The average Bonchev–Trinajstić information content (AvgIpc) is 2.84. The molecule has 0 aliphatic heterocycles. The highest BCUT2D eigenvalue weighted by molar-refractivity contribution is 5.42. The highest BCUT2D eigenvalue weighted by Gasteiger charge is 2.01. The Kier molecular flexibility index (Phi) is 2.56. The van der Waals surface area contributed by atoms with Crippen LogP contribution < -0.4 is 5.32 Å². The lowest BCUT2D eigenvalue weighted by Crippen LogP contribution is -2.04. The summed E-state index contributed by atoms with van der Waals surface area (Å²) in [5, 5.41) is 18.2. The topological polar surface area (TPSA) is 68.0 Å². The first-order valence-corrected chi connectivity index (χ1v) is 5.35. The smallest absolute Gasteiger partial charge is 0.200 e. The van der Waals surface area contributed by atoms with Gasteiger partial charge < -0.3 is 5.32 Å². The molecule has 2 heterocycles. The van der Waals surface area contributed by atoms with Crippen LogP contribution in [0.15, 0.2) is 36.4 Å². The summed E-state index contributed by atoms with van der Waals surface area (Å²) in [4.78, 5) is 0. The molecular formula is C11H9FN6. The standard InChI is InChI=1S/C11H9FN6/c12-9-3-1-2-8(6-9)7-13-10-4-5-11-14-16-17-18(11)15-10/h1-6H,7H2,(H,13,15). The number of hydrogen-bond donors (Lipinski definition) is 1. The van der Waals surface area contributed by atoms with E-state index in [0.717, 1.165) is 5.56 Å². The van der Waals surface area contributed by atoms with Crippen molar-refractivity contribution < 1.29 is 4.39 Å². The molecule has 0 aliphatic carbocycles. The summed E-state index contributed by atoms with van der Waals surface area (Å²) in [6, 6.07) is 9.92. The van der Waals surface area contributed by atoms with Crippen LogP contribution in [0.25, 0.3) is 5.65 Å². The summed E-state index contributed by atoms with van der Waals surface area (Å²) in [6.45, 7) is 0.485. The second-order valence-electron chi connectivity index (χ2n) is 3.73. The van der Waals surface area contributed by atoms with Gasteiger partial charge in [0, 0.05) is 6.54 Å². The first kappa shape index (κ1) is 10.6. The van der Waals surface area contributed by atoms with E-state index in [9.17, 15) is 4.39 Å². The molecule has 1 aromatic carbocycles. The van der Waals surface area contributed by atoms with Crippen molar-refractivity contribution in [3.8, 4) is 0 Å². The SMILES string of the molecule is Fc1cccc(CNc2ccc3nnnn3n2)c1. The predicted molar refractivity (Wildman–Crippen MR) is 62.3 cm³/mol. The van der Waals surface area contributed by atoms with E-state index in [0.29, 0.717) is 18.0 Å². The molecule has 0 radical (unpaired) electrons. The van der Waals surface area contributed by atoms with Crippen LogP contribution in [-0.2, 0) is 6.54 Å². The highest BCUT2D eigenvalue weighted by atomic mass is 19.1. The zero-order chi connectivity index (χ0) is 12.4. The number of nitrogens with zero attached hydrogens (tertiary/aromatic N) is 5. The van der Waals surface area contributed by atoms with Crippen LogP contribution in [0.3, 0.4) is 0 Å². The maximum absolute atomic E-state index is 13.0. The van der Waals surface area contributed by atoms with E-state index in [1.807, 2.05) is 6.07 Å². The first-order valence-electron chi connectivity index (χ1n) is 5.35. The maximum Gasteiger partial charge on any atom is 0.200 e. The predicted octanol–water partition coefficient (Wildman–Crippen LogP) is 1.27. The third-order valence-electron chi connectivity index (χ3n) is 2.43. The number of nitrogens with one attached hydrogen (secondary N) is 1. The first-order chi connectivity index (χ1) is 8.81. The van der Waals surface area contributed by atoms with Gasteiger partial charge in [0.2, 0.25) is 0 Å². The number of hydrogen-bond acceptors (Lipinski definition) is 5. The Morgan fingerprint density at radius 1 is 1.22 bits per heavy atom. The minimum absolute atomic E-state index is 0.252. The Bertz CT molecular complexity index is 680. The Labute approximate surface area is 101 Å². The van der Waals surface area contributed by atoms with Gasteiger partial charge in [-0.25, -0.2) is 4.39 Å². The third-order valence-corrected chi connectivity index (χ3v) is 2.43. The molecule has 18 heavy (non-hydrogen) atoms. The fourth-order valence-corrected chi connectivity index (χ4v) is 1.58. The molecule has 3 rings (SSSR count). The minimum Gasteiger partial charge on any atom is -0.365 e. The van der Waals surface area contributed by atoms with Crippen molar-refractivity contribution in [2.75, 3.05) is 5.32 Å². The summed E-state index contributed by atoms with van der Waals surface area (Å²) in [7, 11) is 0. The monoisotopic (exact) mass is 244 g/mol. The molecule has 0 aliphatic rings. The van der Waals surface area contributed by atoms with Gasteiger partial charge in [0.25, 0.3) is 0 Å². The molecule has 0 fully saturated rings. The number of tetrazole rings is 1. The Hall–Kier alpha value is -2.57. The second-order valence-corrected chi connectivity index (χ2v) is 3.73. The van der Waals surface area contributed by atoms with Crippen molar-refractivity contribution >= 4 is 11.5 Å². The van der Waals surface area contributed by atoms with Crippen LogP contribution in [0.5, 0.6) is 0 Å². The summed E-state index contributed by atoms with van der Waals surface area (Å²) in [5.41, 5.74) is 1.42. The summed E-state index contributed by atoms with van der Waals surface area (Å²) in [5.74, 6) is 0.372. The van der Waals surface area contributed by atoms with Crippen molar-refractivity contribution in [3.63, 3.8) is 0 Å². The minimum atomic E-state index is -0.252. The molecule has 6 nitrogen and oxygen atoms in total. The fraction of sp³-hybridized carbons (Fsp3) is 0.0909. The molecule has 0 atom stereocenters. The van der Waals surface area contributed by atoms with Gasteiger partial charge in [0.05, 0.1) is 0 Å². The second kappa shape index (κ2) is 4.36. The van der Waals surface area contributed by atoms with E-state index in [1.165, 1.54) is 16.8 Å². The Morgan fingerprint density at radius 3 is 3.06 bits per heavy atom. The molecular weight excluding hydrogens is 235 g/mol. The molecule has 90 valence electrons. The van der Waals surface area contributed by atoms with Crippen LogP contribution >= 0.6 is 0 Å². The number of aromatic nitrogens is 5. The zero-order valence-electron chi connectivity index (χ0n) is 9.29. The van der Waals surface area contributed by atoms with Crippen LogP contribution in [-0.4, -0.2) is 25.3 Å². The van der Waals surface area contributed by atoms with Crippen LogP contribution in [0.4, 0.5) is 10.2 Å². The molecule has 0 saturated carbocycles. The van der Waals surface area contributed by atoms with Crippen molar-refractivity contribution in [1.29, 1.82) is 0 Å². The number of fused-ring (bicyclic) bond motifs is 1. The molecule has 1 N–H and O–H groups in total. The zero-order valence-corrected chi connectivity index (χ0v) is 9.29. The third kappa shape index (κ3) is 2.10. The van der Waals surface area contributed by atoms with Crippen molar-refractivity contribution in [2.45, 2.75) is 6.54 Å². The van der Waals surface area contributed by atoms with Gasteiger partial charge in [-0.2, -0.15) is 0 Å². The molecule has 7 heteroatoms. The normalized spacial score (nSPS) is 10.7. The quantitative estimate of drug-likeness (QED) is 0.751. The lowest BCUT2D eigenvalue weighted by molar-refractivity contribution is 0.626. The van der Waals surface area contributed by atoms with Gasteiger partial charge >= 0.3 is 0 Å². The van der Waals surface area contributed by atoms with E-state index in [1.54, 1.807) is 18.2 Å². The number of rotatable bonds is 3. The van der Waals surface area contributed by atoms with Crippen LogP contribution in [0.2, 0.25) is 0 Å². The molecule has 0 bridgehead atoms. The van der Waals surface area contributed by atoms with Crippen molar-refractivity contribution in [3.05, 3.63) is 47.8 Å². The molecule has 0 saturated heterocycles. The largest absolute Gasteiger partial charge is 0.365 e. The summed E-state index contributed by atoms with van der Waals surface area (Å²) in [6.07, 6.45) is 0. The van der Waals surface area contributed by atoms with E-state index >= 15 is 0 Å². The van der Waals surface area contributed by atoms with Gasteiger partial charge in [-0.15, -0.1) is 14.8 Å². The van der Waals surface area contributed by atoms with Crippen molar-refractivity contribution in [2.24, 2.45) is 0 Å². The van der Waals surface area contributed by atoms with E-state index in [4.69, 9.17) is 0 Å². The molecule has 0 unspecified atom stereocenters. The van der Waals surface area contributed by atoms with E-state index in [2.05, 4.69) is 25.9 Å². The van der Waals surface area contributed by atoms with E-state index < -0.39 is 0 Å². The van der Waals surface area contributed by atoms with Crippen molar-refractivity contribution in [1.82, 2.24) is 25.3 Å². The average molecular weight is 244 g/mol. The lowest BCUT2D eigenvalue weighted by atomic mass is 10.2. The Morgan fingerprint density at radius 2 is 2.17 bits per heavy atom. The van der Waals surface area contributed by atoms with Gasteiger partial charge in [0.15, 0.2) is 5.65 Å². The van der Waals surface area contributed by atoms with Gasteiger partial charge in [-0.05, 0) is 40.3 Å². The van der Waals surface area contributed by atoms with Crippen LogP contribution in [0.1, 0.15) is 5.56 Å². The molecule has 0 spiro atoms. The number of anilines is 1. The van der Waals surface area contributed by atoms with Gasteiger partial charge in [-0.3, -0.25) is 0 Å². The summed E-state index contributed by atoms with van der Waals surface area (Å²) < 4.78 is 14.3. The summed E-state index contributed by atoms with van der Waals surface area (Å²) >= 11 is 0. The maximum atomic E-state index is 13.0. The Balaban J connectivity index is 1.76. The number of benzene rings is 1. The number of halogens is 1. The fourth-order valence-electron chi connectivity index (χ4n) is 1.58. The van der Waals surface area contributed by atoms with Gasteiger partial charge in [-0.1, -0.05) is 12.1 Å². The van der Waals surface area contributed by atoms with Crippen LogP contribution in [0, 0.1) is 5.82 Å².